The highest BCUT2D eigenvalue weighted by atomic mass is 79.9. The van der Waals surface area contributed by atoms with Crippen molar-refractivity contribution in [1.82, 2.24) is 0 Å². The van der Waals surface area contributed by atoms with E-state index in [1.54, 1.807) is 6.08 Å². The quantitative estimate of drug-likeness (QED) is 0.651. The fourth-order valence-corrected chi connectivity index (χ4v) is 2.84. The maximum atomic E-state index is 11.1. The van der Waals surface area contributed by atoms with Gasteiger partial charge in [-0.3, -0.25) is 0 Å². The van der Waals surface area contributed by atoms with Crippen molar-refractivity contribution in [2.24, 2.45) is 0 Å². The SMILES string of the molecule is C=CC1=C(C=CC)c2ccccc2C1(O)CC#CCBr. The van der Waals surface area contributed by atoms with E-state index in [0.29, 0.717) is 11.8 Å². The van der Waals surface area contributed by atoms with Gasteiger partial charge < -0.3 is 5.11 Å². The lowest BCUT2D eigenvalue weighted by atomic mass is 9.87. The lowest BCUT2D eigenvalue weighted by Gasteiger charge is -2.24. The third-order valence-corrected chi connectivity index (χ3v) is 3.75. The molecule has 0 spiro atoms. The summed E-state index contributed by atoms with van der Waals surface area (Å²) in [6.45, 7) is 5.84. The Kier molecular flexibility index (Phi) is 4.65. The first-order valence-corrected chi connectivity index (χ1v) is 7.65. The Hall–Kier alpha value is -1.56. The molecule has 0 heterocycles. The monoisotopic (exact) mass is 328 g/mol. The molecule has 20 heavy (non-hydrogen) atoms. The van der Waals surface area contributed by atoms with Gasteiger partial charge in [-0.1, -0.05) is 76.8 Å². The third-order valence-electron chi connectivity index (χ3n) is 3.47. The zero-order valence-electron chi connectivity index (χ0n) is 11.5. The average Bonchev–Trinajstić information content (AvgIpc) is 2.70. The minimum absolute atomic E-state index is 0.373. The van der Waals surface area contributed by atoms with Crippen molar-refractivity contribution in [1.29, 1.82) is 0 Å². The van der Waals surface area contributed by atoms with Gasteiger partial charge in [0.2, 0.25) is 0 Å². The highest BCUT2D eigenvalue weighted by Gasteiger charge is 2.40. The number of alkyl halides is 1. The van der Waals surface area contributed by atoms with Crippen LogP contribution in [0.25, 0.3) is 5.57 Å². The fourth-order valence-electron chi connectivity index (χ4n) is 2.64. The van der Waals surface area contributed by atoms with Crippen LogP contribution in [0, 0.1) is 11.8 Å². The van der Waals surface area contributed by atoms with E-state index in [0.717, 1.165) is 22.3 Å². The summed E-state index contributed by atoms with van der Waals surface area (Å²) in [6.07, 6.45) is 6.11. The Morgan fingerprint density at radius 1 is 1.35 bits per heavy atom. The highest BCUT2D eigenvalue weighted by molar-refractivity contribution is 9.09. The molecule has 1 unspecified atom stereocenters. The molecule has 0 saturated heterocycles. The minimum Gasteiger partial charge on any atom is -0.379 e. The number of halogens is 1. The molecule has 2 rings (SSSR count). The number of aliphatic hydroxyl groups is 1. The van der Waals surface area contributed by atoms with Crippen LogP contribution < -0.4 is 0 Å². The zero-order chi connectivity index (χ0) is 14.6. The van der Waals surface area contributed by atoms with Gasteiger partial charge in [0.05, 0.1) is 5.33 Å². The molecule has 0 aliphatic heterocycles. The van der Waals surface area contributed by atoms with Crippen LogP contribution in [-0.2, 0) is 5.60 Å². The van der Waals surface area contributed by atoms with Crippen LogP contribution in [-0.4, -0.2) is 10.4 Å². The fraction of sp³-hybridized carbons (Fsp3) is 0.222. The van der Waals surface area contributed by atoms with Crippen LogP contribution in [0.3, 0.4) is 0 Å². The van der Waals surface area contributed by atoms with Crippen LogP contribution in [0.15, 0.2) is 54.6 Å². The van der Waals surface area contributed by atoms with E-state index in [1.807, 2.05) is 43.3 Å². The van der Waals surface area contributed by atoms with Crippen LogP contribution in [0.2, 0.25) is 0 Å². The highest BCUT2D eigenvalue weighted by Crippen LogP contribution is 2.47. The lowest BCUT2D eigenvalue weighted by Crippen LogP contribution is -2.24. The van der Waals surface area contributed by atoms with Crippen molar-refractivity contribution >= 4 is 21.5 Å². The summed E-state index contributed by atoms with van der Waals surface area (Å²) in [5.41, 5.74) is 2.76. The Labute approximate surface area is 128 Å². The van der Waals surface area contributed by atoms with Crippen molar-refractivity contribution in [2.75, 3.05) is 5.33 Å². The Bertz CT molecular complexity index is 643. The van der Waals surface area contributed by atoms with E-state index >= 15 is 0 Å². The first-order chi connectivity index (χ1) is 9.69. The van der Waals surface area contributed by atoms with Gasteiger partial charge in [-0.25, -0.2) is 0 Å². The number of hydrogen-bond acceptors (Lipinski definition) is 1. The molecule has 0 saturated carbocycles. The van der Waals surface area contributed by atoms with Crippen LogP contribution >= 0.6 is 15.9 Å². The molecule has 0 radical (unpaired) electrons. The molecule has 1 atom stereocenters. The van der Waals surface area contributed by atoms with Gasteiger partial charge in [-0.05, 0) is 29.2 Å². The van der Waals surface area contributed by atoms with E-state index in [-0.39, 0.29) is 0 Å². The van der Waals surface area contributed by atoms with Crippen molar-refractivity contribution in [3.63, 3.8) is 0 Å². The summed E-state index contributed by atoms with van der Waals surface area (Å²) in [7, 11) is 0. The number of allylic oxidation sites excluding steroid dienone is 3. The van der Waals surface area contributed by atoms with E-state index in [4.69, 9.17) is 0 Å². The second kappa shape index (κ2) is 6.26. The average molecular weight is 329 g/mol. The first kappa shape index (κ1) is 14.8. The molecule has 0 fully saturated rings. The van der Waals surface area contributed by atoms with E-state index in [1.165, 1.54) is 0 Å². The van der Waals surface area contributed by atoms with E-state index in [2.05, 4.69) is 34.3 Å². The topological polar surface area (TPSA) is 20.2 Å². The molecule has 0 aromatic heterocycles. The molecule has 1 aromatic rings. The van der Waals surface area contributed by atoms with Gasteiger partial charge in [-0.15, -0.1) is 0 Å². The second-order valence-corrected chi connectivity index (χ2v) is 5.16. The predicted molar refractivity (Wildman–Crippen MR) is 88.5 cm³/mol. The van der Waals surface area contributed by atoms with Gasteiger partial charge in [0.25, 0.3) is 0 Å². The van der Waals surface area contributed by atoms with Crippen LogP contribution in [0.4, 0.5) is 0 Å². The summed E-state index contributed by atoms with van der Waals surface area (Å²) in [6, 6.07) is 7.93. The summed E-state index contributed by atoms with van der Waals surface area (Å²) >= 11 is 3.28. The van der Waals surface area contributed by atoms with Crippen LogP contribution in [0.1, 0.15) is 24.5 Å². The summed E-state index contributed by atoms with van der Waals surface area (Å²) in [4.78, 5) is 0. The molecular weight excluding hydrogens is 312 g/mol. The molecule has 1 nitrogen and oxygen atoms in total. The molecule has 102 valence electrons. The molecule has 0 bridgehead atoms. The van der Waals surface area contributed by atoms with Crippen molar-refractivity contribution in [2.45, 2.75) is 18.9 Å². The van der Waals surface area contributed by atoms with E-state index in [9.17, 15) is 5.11 Å². The van der Waals surface area contributed by atoms with Crippen molar-refractivity contribution in [3.05, 3.63) is 65.8 Å². The number of rotatable bonds is 3. The molecule has 1 aliphatic rings. The second-order valence-electron chi connectivity index (χ2n) is 4.60. The van der Waals surface area contributed by atoms with Gasteiger partial charge in [0.1, 0.15) is 5.60 Å². The number of hydrogen-bond donors (Lipinski definition) is 1. The summed E-state index contributed by atoms with van der Waals surface area (Å²) in [5, 5.41) is 11.8. The minimum atomic E-state index is -1.07. The summed E-state index contributed by atoms with van der Waals surface area (Å²) < 4.78 is 0. The molecule has 1 N–H and O–H groups in total. The lowest BCUT2D eigenvalue weighted by molar-refractivity contribution is 0.0896. The molecule has 0 amide bonds. The molecule has 2 heteroatoms. The van der Waals surface area contributed by atoms with Crippen molar-refractivity contribution < 1.29 is 5.11 Å². The summed E-state index contributed by atoms with van der Waals surface area (Å²) in [5.74, 6) is 5.99. The maximum Gasteiger partial charge on any atom is 0.127 e. The van der Waals surface area contributed by atoms with Gasteiger partial charge in [0, 0.05) is 6.42 Å². The Morgan fingerprint density at radius 3 is 2.75 bits per heavy atom. The number of fused-ring (bicyclic) bond motifs is 1. The van der Waals surface area contributed by atoms with Crippen molar-refractivity contribution in [3.8, 4) is 11.8 Å². The van der Waals surface area contributed by atoms with Gasteiger partial charge >= 0.3 is 0 Å². The molecule has 1 aromatic carbocycles. The van der Waals surface area contributed by atoms with Gasteiger partial charge in [-0.2, -0.15) is 0 Å². The predicted octanol–water partition coefficient (Wildman–Crippen LogP) is 4.19. The molecular formula is C18H17BrO. The number of benzene rings is 1. The maximum absolute atomic E-state index is 11.1. The van der Waals surface area contributed by atoms with E-state index < -0.39 is 5.60 Å². The Balaban J connectivity index is 2.63. The first-order valence-electron chi connectivity index (χ1n) is 6.53. The normalized spacial score (nSPS) is 20.8. The Morgan fingerprint density at radius 2 is 2.10 bits per heavy atom. The smallest absolute Gasteiger partial charge is 0.127 e. The largest absolute Gasteiger partial charge is 0.379 e. The zero-order valence-corrected chi connectivity index (χ0v) is 13.1. The standard InChI is InChI=1S/C18H17BrO/c1-3-9-14-15-10-5-6-11-17(15)18(20,16(14)4-2)12-7-8-13-19/h3-6,9-11,20H,2,12-13H2,1H3. The third kappa shape index (κ3) is 2.40. The van der Waals surface area contributed by atoms with Gasteiger partial charge in [0.15, 0.2) is 0 Å². The molecule has 1 aliphatic carbocycles. The van der Waals surface area contributed by atoms with Crippen LogP contribution in [0.5, 0.6) is 0 Å².